The molecule has 0 radical (unpaired) electrons. The molecule has 1 atom stereocenters. The molecule has 16 heavy (non-hydrogen) atoms. The van der Waals surface area contributed by atoms with E-state index in [1.54, 1.807) is 0 Å². The molecule has 90 valence electrons. The standard InChI is InChI=1S/C7H7Br2NO4S2/c1-3(7(11)12)10-16(13,14)4-2-5(8)15-6(4)9/h2-3,10H,1H3,(H,11,12). The van der Waals surface area contributed by atoms with E-state index in [0.717, 1.165) is 0 Å². The van der Waals surface area contributed by atoms with Crippen LogP contribution in [0.25, 0.3) is 0 Å². The second-order valence-corrected chi connectivity index (χ2v) is 8.30. The van der Waals surface area contributed by atoms with Gasteiger partial charge in [-0.25, -0.2) is 8.42 Å². The highest BCUT2D eigenvalue weighted by Crippen LogP contribution is 2.34. The minimum Gasteiger partial charge on any atom is -0.480 e. The summed E-state index contributed by atoms with van der Waals surface area (Å²) in [5.74, 6) is -1.23. The summed E-state index contributed by atoms with van der Waals surface area (Å²) in [4.78, 5) is 10.6. The van der Waals surface area contributed by atoms with Gasteiger partial charge in [0.05, 0.1) is 7.57 Å². The Kier molecular flexibility index (Phi) is 4.52. The topological polar surface area (TPSA) is 83.5 Å². The molecule has 0 aromatic carbocycles. The van der Waals surface area contributed by atoms with Crippen LogP contribution < -0.4 is 4.72 Å². The fourth-order valence-corrected chi connectivity index (χ4v) is 5.86. The number of thiophene rings is 1. The lowest BCUT2D eigenvalue weighted by Gasteiger charge is -2.08. The Morgan fingerprint density at radius 1 is 1.56 bits per heavy atom. The van der Waals surface area contributed by atoms with E-state index in [0.29, 0.717) is 7.57 Å². The van der Waals surface area contributed by atoms with Crippen LogP contribution in [0.5, 0.6) is 0 Å². The zero-order valence-corrected chi connectivity index (χ0v) is 12.7. The SMILES string of the molecule is CC(NS(=O)(=O)c1cc(Br)sc1Br)C(=O)O. The third-order valence-corrected chi connectivity index (χ3v) is 5.91. The molecule has 0 aliphatic heterocycles. The molecule has 2 N–H and O–H groups in total. The first-order chi connectivity index (χ1) is 7.24. The summed E-state index contributed by atoms with van der Waals surface area (Å²) in [6.45, 7) is 1.26. The number of nitrogens with one attached hydrogen (secondary N) is 1. The third-order valence-electron chi connectivity index (χ3n) is 1.62. The first-order valence-electron chi connectivity index (χ1n) is 3.94. The molecule has 1 rings (SSSR count). The summed E-state index contributed by atoms with van der Waals surface area (Å²) in [5.41, 5.74) is 0. The van der Waals surface area contributed by atoms with Gasteiger partial charge in [0.15, 0.2) is 0 Å². The molecule has 5 nitrogen and oxygen atoms in total. The highest BCUT2D eigenvalue weighted by molar-refractivity contribution is 9.12. The van der Waals surface area contributed by atoms with Gasteiger partial charge in [0.2, 0.25) is 10.0 Å². The first kappa shape index (κ1) is 14.1. The van der Waals surface area contributed by atoms with Crippen LogP contribution >= 0.6 is 43.2 Å². The molecular weight excluding hydrogens is 386 g/mol. The van der Waals surface area contributed by atoms with Crippen LogP contribution in [-0.2, 0) is 14.8 Å². The number of rotatable bonds is 4. The van der Waals surface area contributed by atoms with Gasteiger partial charge in [-0.1, -0.05) is 0 Å². The molecular formula is C7H7Br2NO4S2. The van der Waals surface area contributed by atoms with E-state index >= 15 is 0 Å². The minimum absolute atomic E-state index is 0.0254. The van der Waals surface area contributed by atoms with Crippen molar-refractivity contribution >= 4 is 59.2 Å². The zero-order valence-electron chi connectivity index (χ0n) is 7.90. The molecule has 1 unspecified atom stereocenters. The van der Waals surface area contributed by atoms with Crippen LogP contribution in [0, 0.1) is 0 Å². The average Bonchev–Trinajstić information content (AvgIpc) is 2.45. The zero-order chi connectivity index (χ0) is 12.5. The summed E-state index contributed by atoms with van der Waals surface area (Å²) >= 11 is 7.45. The second-order valence-electron chi connectivity index (χ2n) is 2.87. The quantitative estimate of drug-likeness (QED) is 0.820. The average molecular weight is 393 g/mol. The van der Waals surface area contributed by atoms with Crippen molar-refractivity contribution in [3.8, 4) is 0 Å². The Balaban J connectivity index is 3.03. The van der Waals surface area contributed by atoms with E-state index in [4.69, 9.17) is 5.11 Å². The molecule has 0 amide bonds. The van der Waals surface area contributed by atoms with Crippen LogP contribution in [0.1, 0.15) is 6.92 Å². The number of carboxylic acids is 1. The minimum atomic E-state index is -3.81. The number of carboxylic acid groups (broad SMARTS) is 1. The highest BCUT2D eigenvalue weighted by atomic mass is 79.9. The van der Waals surface area contributed by atoms with Gasteiger partial charge in [-0.15, -0.1) is 11.3 Å². The van der Waals surface area contributed by atoms with Crippen molar-refractivity contribution in [3.05, 3.63) is 13.6 Å². The molecule has 0 bridgehead atoms. The highest BCUT2D eigenvalue weighted by Gasteiger charge is 2.25. The van der Waals surface area contributed by atoms with Gasteiger partial charge < -0.3 is 5.11 Å². The van der Waals surface area contributed by atoms with Gasteiger partial charge in [0.25, 0.3) is 0 Å². The van der Waals surface area contributed by atoms with Crippen molar-refractivity contribution in [1.82, 2.24) is 4.72 Å². The van der Waals surface area contributed by atoms with Crippen LogP contribution in [-0.4, -0.2) is 25.5 Å². The predicted molar refractivity (Wildman–Crippen MR) is 67.1 cm³/mol. The maximum absolute atomic E-state index is 11.8. The van der Waals surface area contributed by atoms with E-state index in [1.807, 2.05) is 0 Å². The lowest BCUT2D eigenvalue weighted by molar-refractivity contribution is -0.138. The van der Waals surface area contributed by atoms with Gasteiger partial charge in [-0.05, 0) is 44.8 Å². The van der Waals surface area contributed by atoms with Gasteiger partial charge in [-0.3, -0.25) is 4.79 Å². The van der Waals surface area contributed by atoms with E-state index in [1.165, 1.54) is 24.3 Å². The van der Waals surface area contributed by atoms with Crippen molar-refractivity contribution < 1.29 is 18.3 Å². The van der Waals surface area contributed by atoms with E-state index < -0.39 is 22.0 Å². The van der Waals surface area contributed by atoms with Gasteiger partial charge >= 0.3 is 5.97 Å². The molecule has 0 saturated heterocycles. The van der Waals surface area contributed by atoms with Crippen molar-refractivity contribution in [2.24, 2.45) is 0 Å². The lowest BCUT2D eigenvalue weighted by atomic mass is 10.4. The predicted octanol–water partition coefficient (Wildman–Crippen LogP) is 2.02. The number of sulfonamides is 1. The fourth-order valence-electron chi connectivity index (χ4n) is 0.855. The molecule has 0 saturated carbocycles. The van der Waals surface area contributed by atoms with Gasteiger partial charge in [0.1, 0.15) is 10.9 Å². The second kappa shape index (κ2) is 5.13. The monoisotopic (exact) mass is 391 g/mol. The first-order valence-corrected chi connectivity index (χ1v) is 7.82. The van der Waals surface area contributed by atoms with E-state index in [9.17, 15) is 13.2 Å². The fraction of sp³-hybridized carbons (Fsp3) is 0.286. The lowest BCUT2D eigenvalue weighted by Crippen LogP contribution is -2.38. The third kappa shape index (κ3) is 3.27. The Morgan fingerprint density at radius 2 is 2.12 bits per heavy atom. The summed E-state index contributed by atoms with van der Waals surface area (Å²) in [6.07, 6.45) is 0. The van der Waals surface area contributed by atoms with E-state index in [-0.39, 0.29) is 4.90 Å². The molecule has 0 aliphatic carbocycles. The molecule has 1 aromatic heterocycles. The normalized spacial score (nSPS) is 13.7. The van der Waals surface area contributed by atoms with Crippen LogP contribution in [0.15, 0.2) is 18.5 Å². The summed E-state index contributed by atoms with van der Waals surface area (Å²) in [6, 6.07) is 0.238. The Labute approximate surface area is 113 Å². The van der Waals surface area contributed by atoms with Gasteiger partial charge in [-0.2, -0.15) is 4.72 Å². The number of hydrogen-bond donors (Lipinski definition) is 2. The molecule has 1 aromatic rings. The van der Waals surface area contributed by atoms with Gasteiger partial charge in [0, 0.05) is 0 Å². The Morgan fingerprint density at radius 3 is 2.50 bits per heavy atom. The smallest absolute Gasteiger partial charge is 0.321 e. The van der Waals surface area contributed by atoms with Crippen molar-refractivity contribution in [3.63, 3.8) is 0 Å². The molecule has 0 spiro atoms. The summed E-state index contributed by atoms with van der Waals surface area (Å²) < 4.78 is 26.6. The Bertz CT molecular complexity index is 510. The number of carbonyl (C=O) groups is 1. The van der Waals surface area contributed by atoms with Crippen molar-refractivity contribution in [2.75, 3.05) is 0 Å². The maximum Gasteiger partial charge on any atom is 0.321 e. The largest absolute Gasteiger partial charge is 0.480 e. The van der Waals surface area contributed by atoms with Crippen LogP contribution in [0.2, 0.25) is 0 Å². The summed E-state index contributed by atoms with van der Waals surface area (Å²) in [7, 11) is -3.81. The van der Waals surface area contributed by atoms with Crippen molar-refractivity contribution in [2.45, 2.75) is 17.9 Å². The van der Waals surface area contributed by atoms with Crippen LogP contribution in [0.4, 0.5) is 0 Å². The molecule has 0 fully saturated rings. The number of aliphatic carboxylic acids is 1. The van der Waals surface area contributed by atoms with E-state index in [2.05, 4.69) is 36.6 Å². The van der Waals surface area contributed by atoms with Crippen molar-refractivity contribution in [1.29, 1.82) is 0 Å². The van der Waals surface area contributed by atoms with Crippen LogP contribution in [0.3, 0.4) is 0 Å². The Hall–Kier alpha value is 0.0400. The molecule has 9 heteroatoms. The summed E-state index contributed by atoms with van der Waals surface area (Å²) in [5, 5.41) is 8.62. The molecule has 1 heterocycles. The molecule has 0 aliphatic rings. The number of hydrogen-bond acceptors (Lipinski definition) is 4. The number of halogens is 2. The maximum atomic E-state index is 11.8.